The van der Waals surface area contributed by atoms with Gasteiger partial charge in [-0.15, -0.1) is 0 Å². The summed E-state index contributed by atoms with van der Waals surface area (Å²) in [6.45, 7) is 3.81. The van der Waals surface area contributed by atoms with Crippen molar-refractivity contribution in [2.45, 2.75) is 51.6 Å². The van der Waals surface area contributed by atoms with E-state index < -0.39 is 0 Å². The summed E-state index contributed by atoms with van der Waals surface area (Å²) in [5, 5.41) is 0. The summed E-state index contributed by atoms with van der Waals surface area (Å²) in [4.78, 5) is 0. The molecule has 0 aromatic carbocycles. The summed E-state index contributed by atoms with van der Waals surface area (Å²) in [5.74, 6) is 0.825. The van der Waals surface area contributed by atoms with E-state index in [0.717, 1.165) is 18.9 Å². The molecule has 2 heteroatoms. The average molecular weight is 185 g/mol. The molecule has 1 fully saturated rings. The molecule has 13 heavy (non-hydrogen) atoms. The SMILES string of the molecule is CCCC(CN)OCC1CCCC1. The maximum atomic E-state index is 5.79. The van der Waals surface area contributed by atoms with Gasteiger partial charge in [0.2, 0.25) is 0 Å². The van der Waals surface area contributed by atoms with Gasteiger partial charge in [-0.05, 0) is 25.2 Å². The van der Waals surface area contributed by atoms with E-state index in [1.54, 1.807) is 0 Å². The first kappa shape index (κ1) is 11.0. The van der Waals surface area contributed by atoms with Gasteiger partial charge in [-0.2, -0.15) is 0 Å². The summed E-state index contributed by atoms with van der Waals surface area (Å²) in [5.41, 5.74) is 5.62. The van der Waals surface area contributed by atoms with Crippen LogP contribution < -0.4 is 5.73 Å². The molecule has 0 spiro atoms. The fourth-order valence-electron chi connectivity index (χ4n) is 2.04. The highest BCUT2D eigenvalue weighted by Crippen LogP contribution is 2.25. The third-order valence-electron chi connectivity index (χ3n) is 2.92. The molecule has 0 heterocycles. The lowest BCUT2D eigenvalue weighted by atomic mass is 10.1. The molecule has 0 aliphatic heterocycles. The molecular formula is C11H23NO. The van der Waals surface area contributed by atoms with Crippen molar-refractivity contribution in [3.8, 4) is 0 Å². The third-order valence-corrected chi connectivity index (χ3v) is 2.92. The minimum absolute atomic E-state index is 0.311. The molecule has 0 aromatic heterocycles. The van der Waals surface area contributed by atoms with E-state index in [0.29, 0.717) is 12.6 Å². The smallest absolute Gasteiger partial charge is 0.0697 e. The molecule has 2 nitrogen and oxygen atoms in total. The minimum atomic E-state index is 0.311. The highest BCUT2D eigenvalue weighted by Gasteiger charge is 2.16. The molecule has 0 bridgehead atoms. The highest BCUT2D eigenvalue weighted by atomic mass is 16.5. The molecule has 0 saturated heterocycles. The van der Waals surface area contributed by atoms with Gasteiger partial charge in [0, 0.05) is 13.2 Å². The van der Waals surface area contributed by atoms with Crippen LogP contribution in [0.4, 0.5) is 0 Å². The molecular weight excluding hydrogens is 162 g/mol. The zero-order chi connectivity index (χ0) is 9.52. The number of rotatable bonds is 6. The van der Waals surface area contributed by atoms with Gasteiger partial charge in [0.25, 0.3) is 0 Å². The fraction of sp³-hybridized carbons (Fsp3) is 1.00. The van der Waals surface area contributed by atoms with Crippen LogP contribution >= 0.6 is 0 Å². The highest BCUT2D eigenvalue weighted by molar-refractivity contribution is 4.68. The van der Waals surface area contributed by atoms with Gasteiger partial charge < -0.3 is 10.5 Å². The Labute approximate surface area is 81.8 Å². The van der Waals surface area contributed by atoms with Crippen molar-refractivity contribution >= 4 is 0 Å². The van der Waals surface area contributed by atoms with Crippen LogP contribution in [0.15, 0.2) is 0 Å². The first-order valence-corrected chi connectivity index (χ1v) is 5.68. The van der Waals surface area contributed by atoms with Crippen LogP contribution in [-0.4, -0.2) is 19.3 Å². The van der Waals surface area contributed by atoms with Crippen LogP contribution in [-0.2, 0) is 4.74 Å². The van der Waals surface area contributed by atoms with Crippen LogP contribution in [0.3, 0.4) is 0 Å². The van der Waals surface area contributed by atoms with Crippen molar-refractivity contribution in [1.29, 1.82) is 0 Å². The van der Waals surface area contributed by atoms with E-state index in [1.807, 2.05) is 0 Å². The Bertz CT molecular complexity index is 121. The molecule has 1 atom stereocenters. The summed E-state index contributed by atoms with van der Waals surface area (Å²) in [6.07, 6.45) is 8.12. The van der Waals surface area contributed by atoms with E-state index in [4.69, 9.17) is 10.5 Å². The lowest BCUT2D eigenvalue weighted by Gasteiger charge is -2.17. The van der Waals surface area contributed by atoms with Crippen molar-refractivity contribution in [3.63, 3.8) is 0 Å². The summed E-state index contributed by atoms with van der Waals surface area (Å²) >= 11 is 0. The third kappa shape index (κ3) is 4.10. The number of ether oxygens (including phenoxy) is 1. The second-order valence-corrected chi connectivity index (χ2v) is 4.13. The molecule has 78 valence electrons. The monoisotopic (exact) mass is 185 g/mol. The van der Waals surface area contributed by atoms with Gasteiger partial charge in [0.05, 0.1) is 6.10 Å². The first-order chi connectivity index (χ1) is 6.36. The lowest BCUT2D eigenvalue weighted by Crippen LogP contribution is -2.25. The van der Waals surface area contributed by atoms with Gasteiger partial charge in [-0.1, -0.05) is 26.2 Å². The standard InChI is InChI=1S/C11H23NO/c1-2-5-11(8-12)13-9-10-6-3-4-7-10/h10-11H,2-9,12H2,1H3. The summed E-state index contributed by atoms with van der Waals surface area (Å²) in [7, 11) is 0. The van der Waals surface area contributed by atoms with Gasteiger partial charge in [0.1, 0.15) is 0 Å². The number of hydrogen-bond donors (Lipinski definition) is 1. The van der Waals surface area contributed by atoms with Gasteiger partial charge in [0.15, 0.2) is 0 Å². The van der Waals surface area contributed by atoms with Crippen LogP contribution in [0.25, 0.3) is 0 Å². The van der Waals surface area contributed by atoms with E-state index in [2.05, 4.69) is 6.92 Å². The predicted octanol–water partition coefficient (Wildman–Crippen LogP) is 2.32. The second-order valence-electron chi connectivity index (χ2n) is 4.13. The maximum absolute atomic E-state index is 5.79. The normalized spacial score (nSPS) is 20.8. The zero-order valence-corrected chi connectivity index (χ0v) is 8.80. The Morgan fingerprint density at radius 1 is 1.38 bits per heavy atom. The predicted molar refractivity (Wildman–Crippen MR) is 55.7 cm³/mol. The topological polar surface area (TPSA) is 35.2 Å². The van der Waals surface area contributed by atoms with Crippen molar-refractivity contribution in [3.05, 3.63) is 0 Å². The van der Waals surface area contributed by atoms with Crippen LogP contribution in [0, 0.1) is 5.92 Å². The van der Waals surface area contributed by atoms with Crippen LogP contribution in [0.2, 0.25) is 0 Å². The quantitative estimate of drug-likeness (QED) is 0.689. The molecule has 0 aromatic rings. The van der Waals surface area contributed by atoms with Crippen molar-refractivity contribution in [2.75, 3.05) is 13.2 Å². The van der Waals surface area contributed by atoms with Gasteiger partial charge in [-0.25, -0.2) is 0 Å². The summed E-state index contributed by atoms with van der Waals surface area (Å²) in [6, 6.07) is 0. The van der Waals surface area contributed by atoms with Gasteiger partial charge in [-0.3, -0.25) is 0 Å². The molecule has 2 N–H and O–H groups in total. The largest absolute Gasteiger partial charge is 0.377 e. The number of nitrogens with two attached hydrogens (primary N) is 1. The molecule has 0 amide bonds. The Morgan fingerprint density at radius 2 is 2.08 bits per heavy atom. The Morgan fingerprint density at radius 3 is 2.62 bits per heavy atom. The Hall–Kier alpha value is -0.0800. The summed E-state index contributed by atoms with van der Waals surface area (Å²) < 4.78 is 5.79. The lowest BCUT2D eigenvalue weighted by molar-refractivity contribution is 0.0303. The van der Waals surface area contributed by atoms with E-state index in [9.17, 15) is 0 Å². The zero-order valence-electron chi connectivity index (χ0n) is 8.80. The maximum Gasteiger partial charge on any atom is 0.0697 e. The molecule has 0 radical (unpaired) electrons. The molecule has 1 rings (SSSR count). The minimum Gasteiger partial charge on any atom is -0.377 e. The Kier molecular flexibility index (Phi) is 5.40. The van der Waals surface area contributed by atoms with Crippen molar-refractivity contribution in [2.24, 2.45) is 11.7 Å². The van der Waals surface area contributed by atoms with Crippen molar-refractivity contribution < 1.29 is 4.74 Å². The number of hydrogen-bond acceptors (Lipinski definition) is 2. The molecule has 1 aliphatic carbocycles. The second kappa shape index (κ2) is 6.39. The average Bonchev–Trinajstić information content (AvgIpc) is 2.64. The van der Waals surface area contributed by atoms with E-state index in [-0.39, 0.29) is 0 Å². The van der Waals surface area contributed by atoms with Crippen LogP contribution in [0.5, 0.6) is 0 Å². The Balaban J connectivity index is 2.07. The van der Waals surface area contributed by atoms with Crippen molar-refractivity contribution in [1.82, 2.24) is 0 Å². The fourth-order valence-corrected chi connectivity index (χ4v) is 2.04. The van der Waals surface area contributed by atoms with Crippen LogP contribution in [0.1, 0.15) is 45.4 Å². The first-order valence-electron chi connectivity index (χ1n) is 5.68. The van der Waals surface area contributed by atoms with Gasteiger partial charge >= 0.3 is 0 Å². The van der Waals surface area contributed by atoms with E-state index in [1.165, 1.54) is 32.1 Å². The molecule has 1 saturated carbocycles. The molecule has 1 aliphatic rings. The molecule has 1 unspecified atom stereocenters. The van der Waals surface area contributed by atoms with E-state index >= 15 is 0 Å².